The van der Waals surface area contributed by atoms with E-state index in [1.54, 1.807) is 0 Å². The molecule has 0 aromatic heterocycles. The van der Waals surface area contributed by atoms with Gasteiger partial charge in [0, 0.05) is 6.42 Å². The topological polar surface area (TPSA) is 63.6 Å². The molecule has 0 amide bonds. The second-order valence-electron chi connectivity index (χ2n) is 7.10. The van der Waals surface area contributed by atoms with Gasteiger partial charge in [-0.3, -0.25) is 9.59 Å². The van der Waals surface area contributed by atoms with Gasteiger partial charge in [-0.25, -0.2) is 0 Å². The number of ether oxygens (including phenoxy) is 1. The monoisotopic (exact) mass is 380 g/mol. The van der Waals surface area contributed by atoms with Crippen LogP contribution in [0.1, 0.15) is 104 Å². The Morgan fingerprint density at radius 2 is 1.44 bits per heavy atom. The van der Waals surface area contributed by atoms with E-state index in [0.717, 1.165) is 32.1 Å². The molecule has 0 fully saturated rings. The zero-order valence-electron chi connectivity index (χ0n) is 17.5. The maximum absolute atomic E-state index is 11.7. The zero-order chi connectivity index (χ0) is 20.2. The molecule has 0 spiro atoms. The molecule has 0 saturated heterocycles. The smallest absolute Gasteiger partial charge is 0.307 e. The van der Waals surface area contributed by atoms with Gasteiger partial charge in [0.05, 0.1) is 6.42 Å². The highest BCUT2D eigenvalue weighted by Crippen LogP contribution is 2.11. The standard InChI is InChI=1S/C23H40O4/c1-3-5-6-7-8-9-10-11-12-13-14-15-16-17-18-19-23(26)27-21(4-2)20-22(24)25/h8-9,11-12,21H,3-7,10,13-20H2,1-2H3,(H,24,25)/b9-8-,12-11-. The van der Waals surface area contributed by atoms with Gasteiger partial charge in [-0.15, -0.1) is 0 Å². The fourth-order valence-electron chi connectivity index (χ4n) is 2.79. The predicted molar refractivity (Wildman–Crippen MR) is 112 cm³/mol. The van der Waals surface area contributed by atoms with Crippen molar-refractivity contribution in [3.8, 4) is 0 Å². The first kappa shape index (κ1) is 25.4. The molecule has 0 rings (SSSR count). The SMILES string of the molecule is CCCCC/C=C\C/C=C\CCCCCCCC(=O)OC(CC)CC(=O)O. The van der Waals surface area contributed by atoms with E-state index in [4.69, 9.17) is 9.84 Å². The number of aliphatic carboxylic acids is 1. The maximum atomic E-state index is 11.7. The summed E-state index contributed by atoms with van der Waals surface area (Å²) in [5.41, 5.74) is 0. The van der Waals surface area contributed by atoms with Crippen LogP contribution in [0.4, 0.5) is 0 Å². The van der Waals surface area contributed by atoms with Gasteiger partial charge in [-0.2, -0.15) is 0 Å². The number of carbonyl (C=O) groups excluding carboxylic acids is 1. The van der Waals surface area contributed by atoms with Crippen molar-refractivity contribution in [2.45, 2.75) is 110 Å². The third-order valence-corrected chi connectivity index (χ3v) is 4.49. The lowest BCUT2D eigenvalue weighted by molar-refractivity contribution is -0.153. The highest BCUT2D eigenvalue weighted by Gasteiger charge is 2.15. The first-order valence-corrected chi connectivity index (χ1v) is 10.8. The minimum atomic E-state index is -0.924. The largest absolute Gasteiger partial charge is 0.481 e. The molecular weight excluding hydrogens is 340 g/mol. The summed E-state index contributed by atoms with van der Waals surface area (Å²) in [4.78, 5) is 22.4. The lowest BCUT2D eigenvalue weighted by atomic mass is 10.1. The van der Waals surface area contributed by atoms with E-state index >= 15 is 0 Å². The number of esters is 1. The third kappa shape index (κ3) is 19.0. The van der Waals surface area contributed by atoms with Crippen molar-refractivity contribution in [3.05, 3.63) is 24.3 Å². The van der Waals surface area contributed by atoms with E-state index in [-0.39, 0.29) is 12.4 Å². The van der Waals surface area contributed by atoms with Crippen molar-refractivity contribution < 1.29 is 19.4 Å². The van der Waals surface area contributed by atoms with Crippen LogP contribution in [-0.4, -0.2) is 23.1 Å². The lowest BCUT2D eigenvalue weighted by Gasteiger charge is -2.13. The Morgan fingerprint density at radius 3 is 2.04 bits per heavy atom. The minimum Gasteiger partial charge on any atom is -0.481 e. The van der Waals surface area contributed by atoms with Crippen molar-refractivity contribution in [1.82, 2.24) is 0 Å². The Bertz CT molecular complexity index is 426. The molecule has 27 heavy (non-hydrogen) atoms. The Labute approximate surface area is 166 Å². The van der Waals surface area contributed by atoms with Crippen LogP contribution in [0, 0.1) is 0 Å². The van der Waals surface area contributed by atoms with Crippen LogP contribution >= 0.6 is 0 Å². The summed E-state index contributed by atoms with van der Waals surface area (Å²) >= 11 is 0. The summed E-state index contributed by atoms with van der Waals surface area (Å²) in [5, 5.41) is 8.75. The van der Waals surface area contributed by atoms with Crippen molar-refractivity contribution in [2.75, 3.05) is 0 Å². The Morgan fingerprint density at radius 1 is 0.852 bits per heavy atom. The van der Waals surface area contributed by atoms with Gasteiger partial charge in [-0.05, 0) is 44.9 Å². The molecule has 0 aromatic rings. The molecular formula is C23H40O4. The summed E-state index contributed by atoms with van der Waals surface area (Å²) in [6.07, 6.45) is 22.0. The van der Waals surface area contributed by atoms with Crippen molar-refractivity contribution >= 4 is 11.9 Å². The molecule has 0 heterocycles. The second kappa shape index (κ2) is 19.2. The molecule has 0 aliphatic carbocycles. The number of hydrogen-bond acceptors (Lipinski definition) is 3. The summed E-state index contributed by atoms with van der Waals surface area (Å²) < 4.78 is 5.20. The molecule has 0 aliphatic heterocycles. The van der Waals surface area contributed by atoms with Crippen LogP contribution in [0.25, 0.3) is 0 Å². The molecule has 0 aliphatic rings. The van der Waals surface area contributed by atoms with Gasteiger partial charge in [0.1, 0.15) is 6.10 Å². The first-order valence-electron chi connectivity index (χ1n) is 10.8. The van der Waals surface area contributed by atoms with Gasteiger partial charge >= 0.3 is 11.9 Å². The number of unbranched alkanes of at least 4 members (excludes halogenated alkanes) is 8. The molecule has 156 valence electrons. The first-order chi connectivity index (χ1) is 13.1. The number of allylic oxidation sites excluding steroid dienone is 4. The quantitative estimate of drug-likeness (QED) is 0.165. The van der Waals surface area contributed by atoms with Crippen LogP contribution < -0.4 is 0 Å². The molecule has 0 radical (unpaired) electrons. The van der Waals surface area contributed by atoms with E-state index in [9.17, 15) is 9.59 Å². The van der Waals surface area contributed by atoms with Crippen molar-refractivity contribution in [2.24, 2.45) is 0 Å². The van der Waals surface area contributed by atoms with Crippen LogP contribution in [0.5, 0.6) is 0 Å². The predicted octanol–water partition coefficient (Wildman–Crippen LogP) is 6.60. The highest BCUT2D eigenvalue weighted by atomic mass is 16.5. The molecule has 4 nitrogen and oxygen atoms in total. The van der Waals surface area contributed by atoms with Gasteiger partial charge < -0.3 is 9.84 Å². The van der Waals surface area contributed by atoms with E-state index in [1.807, 2.05) is 6.92 Å². The number of rotatable bonds is 18. The Balaban J connectivity index is 3.47. The number of carboxylic acids is 1. The molecule has 0 aromatic carbocycles. The summed E-state index contributed by atoms with van der Waals surface area (Å²) in [6, 6.07) is 0. The normalized spacial score (nSPS) is 12.7. The number of carbonyl (C=O) groups is 2. The molecule has 0 saturated carbocycles. The van der Waals surface area contributed by atoms with E-state index in [1.165, 1.54) is 38.5 Å². The summed E-state index contributed by atoms with van der Waals surface area (Å²) in [7, 11) is 0. The van der Waals surface area contributed by atoms with Crippen LogP contribution in [-0.2, 0) is 14.3 Å². The summed E-state index contributed by atoms with van der Waals surface area (Å²) in [6.45, 7) is 4.06. The van der Waals surface area contributed by atoms with E-state index in [2.05, 4.69) is 31.2 Å². The Hall–Kier alpha value is -1.58. The van der Waals surface area contributed by atoms with Crippen LogP contribution in [0.2, 0.25) is 0 Å². The highest BCUT2D eigenvalue weighted by molar-refractivity contribution is 5.71. The van der Waals surface area contributed by atoms with E-state index in [0.29, 0.717) is 12.8 Å². The van der Waals surface area contributed by atoms with Gasteiger partial charge in [0.25, 0.3) is 0 Å². The minimum absolute atomic E-state index is 0.107. The third-order valence-electron chi connectivity index (χ3n) is 4.49. The van der Waals surface area contributed by atoms with Crippen LogP contribution in [0.15, 0.2) is 24.3 Å². The van der Waals surface area contributed by atoms with Gasteiger partial charge in [-0.1, -0.05) is 70.3 Å². The fourth-order valence-corrected chi connectivity index (χ4v) is 2.79. The van der Waals surface area contributed by atoms with Crippen molar-refractivity contribution in [3.63, 3.8) is 0 Å². The maximum Gasteiger partial charge on any atom is 0.307 e. The molecule has 1 N–H and O–H groups in total. The number of carboxylic acid groups (broad SMARTS) is 1. The summed E-state index contributed by atoms with van der Waals surface area (Å²) in [5.74, 6) is -1.19. The molecule has 0 bridgehead atoms. The lowest BCUT2D eigenvalue weighted by Crippen LogP contribution is -2.20. The van der Waals surface area contributed by atoms with E-state index < -0.39 is 12.1 Å². The molecule has 4 heteroatoms. The van der Waals surface area contributed by atoms with Crippen LogP contribution in [0.3, 0.4) is 0 Å². The zero-order valence-corrected chi connectivity index (χ0v) is 17.5. The fraction of sp³-hybridized carbons (Fsp3) is 0.739. The van der Waals surface area contributed by atoms with Gasteiger partial charge in [0.15, 0.2) is 0 Å². The van der Waals surface area contributed by atoms with Crippen molar-refractivity contribution in [1.29, 1.82) is 0 Å². The average Bonchev–Trinajstić information content (AvgIpc) is 2.64. The average molecular weight is 381 g/mol. The second-order valence-corrected chi connectivity index (χ2v) is 7.10. The molecule has 1 atom stereocenters. The molecule has 1 unspecified atom stereocenters. The number of hydrogen-bond donors (Lipinski definition) is 1. The van der Waals surface area contributed by atoms with Gasteiger partial charge in [0.2, 0.25) is 0 Å². The Kier molecular flexibility index (Phi) is 18.1.